The van der Waals surface area contributed by atoms with Gasteiger partial charge in [0.15, 0.2) is 0 Å². The summed E-state index contributed by atoms with van der Waals surface area (Å²) < 4.78 is 8.86. The molecule has 1 aliphatic heterocycles. The van der Waals surface area contributed by atoms with Gasteiger partial charge < -0.3 is 25.8 Å². The summed E-state index contributed by atoms with van der Waals surface area (Å²) in [7, 11) is 3.33. The zero-order valence-corrected chi connectivity index (χ0v) is 30.1. The van der Waals surface area contributed by atoms with Gasteiger partial charge in [-0.05, 0) is 44.2 Å². The highest BCUT2D eigenvalue weighted by atomic mass is 35.5. The van der Waals surface area contributed by atoms with Crippen LogP contribution in [0.4, 0.5) is 0 Å². The molecule has 1 saturated heterocycles. The molecule has 0 radical (unpaired) electrons. The maximum absolute atomic E-state index is 13.4. The number of methoxy groups -OCH3 is 1. The number of aromatic nitrogens is 4. The first-order valence-electron chi connectivity index (χ1n) is 17.3. The summed E-state index contributed by atoms with van der Waals surface area (Å²) in [6, 6.07) is 17.6. The lowest BCUT2D eigenvalue weighted by Gasteiger charge is -2.26. The van der Waals surface area contributed by atoms with Crippen molar-refractivity contribution in [3.63, 3.8) is 0 Å². The van der Waals surface area contributed by atoms with E-state index in [9.17, 15) is 14.7 Å². The van der Waals surface area contributed by atoms with Crippen LogP contribution in [-0.2, 0) is 24.9 Å². The van der Waals surface area contributed by atoms with E-state index in [-0.39, 0.29) is 29.7 Å². The first-order valence-corrected chi connectivity index (χ1v) is 18.1. The average molecular weight is 731 g/mol. The third-order valence-electron chi connectivity index (χ3n) is 9.98. The van der Waals surface area contributed by atoms with Crippen molar-refractivity contribution in [3.8, 4) is 39.4 Å². The second-order valence-corrected chi connectivity index (χ2v) is 14.1. The van der Waals surface area contributed by atoms with Crippen molar-refractivity contribution >= 4 is 34.6 Å². The number of amides is 1. The highest BCUT2D eigenvalue weighted by Gasteiger charge is 2.22. The van der Waals surface area contributed by atoms with E-state index in [0.717, 1.165) is 65.5 Å². The van der Waals surface area contributed by atoms with Gasteiger partial charge in [0.2, 0.25) is 11.8 Å². The van der Waals surface area contributed by atoms with Crippen LogP contribution in [0, 0.1) is 0 Å². The number of carbonyl (C=O) groups excluding carboxylic acids is 1. The van der Waals surface area contributed by atoms with Crippen LogP contribution in [0.15, 0.2) is 65.6 Å². The van der Waals surface area contributed by atoms with Crippen molar-refractivity contribution < 1.29 is 14.6 Å². The van der Waals surface area contributed by atoms with Crippen molar-refractivity contribution in [1.29, 1.82) is 0 Å². The Hall–Kier alpha value is -4.26. The number of nitrogens with one attached hydrogen (secondary N) is 3. The summed E-state index contributed by atoms with van der Waals surface area (Å²) in [5, 5.41) is 25.5. The number of aliphatic hydroxyl groups excluding tert-OH is 1. The van der Waals surface area contributed by atoms with Crippen LogP contribution in [0.5, 0.6) is 5.88 Å². The molecular formula is C38H41Cl2N7O4. The lowest BCUT2D eigenvalue weighted by atomic mass is 9.93. The van der Waals surface area contributed by atoms with Crippen LogP contribution in [0.2, 0.25) is 10.0 Å². The van der Waals surface area contributed by atoms with Crippen molar-refractivity contribution in [1.82, 2.24) is 35.1 Å². The Morgan fingerprint density at radius 3 is 2.35 bits per heavy atom. The fraction of sp³-hybridized carbons (Fsp3) is 0.368. The number of halogens is 2. The lowest BCUT2D eigenvalue weighted by Crippen LogP contribution is -2.36. The quantitative estimate of drug-likeness (QED) is 0.140. The third-order valence-corrected chi connectivity index (χ3v) is 10.8. The first-order chi connectivity index (χ1) is 24.7. The van der Waals surface area contributed by atoms with Gasteiger partial charge in [0.05, 0.1) is 35.5 Å². The number of carbonyl (C=O) groups is 1. The standard InChI is InChI=1S/C38H41Cl2N7O4/c1-46-33(20-42-24-10-13-26(48)14-11-24)45-47-21-23(17-32(47)38(46)50)27-5-3-6-28(35(27)39)29-7-4-8-30(36(29)40)31-15-9-22(37(44-31)51-2)18-41-19-25-12-16-34(49)43-25/h3-9,15,17,21,24-26,41-42,48H,10-14,16,18-20H2,1-2H3,(H,43,49)/t24?,25-,26?/m0/s1. The Kier molecular flexibility index (Phi) is 10.4. The van der Waals surface area contributed by atoms with Gasteiger partial charge in [-0.25, -0.2) is 9.50 Å². The minimum atomic E-state index is -0.225. The summed E-state index contributed by atoms with van der Waals surface area (Å²) in [4.78, 5) is 29.7. The molecule has 1 saturated carbocycles. The van der Waals surface area contributed by atoms with Gasteiger partial charge >= 0.3 is 0 Å². The van der Waals surface area contributed by atoms with Crippen LogP contribution < -0.4 is 26.2 Å². The molecule has 1 amide bonds. The second-order valence-electron chi connectivity index (χ2n) is 13.4. The van der Waals surface area contributed by atoms with E-state index in [1.807, 2.05) is 60.8 Å². The lowest BCUT2D eigenvalue weighted by molar-refractivity contribution is -0.119. The van der Waals surface area contributed by atoms with Crippen molar-refractivity contribution in [2.24, 2.45) is 7.05 Å². The predicted molar refractivity (Wildman–Crippen MR) is 199 cm³/mol. The molecule has 13 heteroatoms. The summed E-state index contributed by atoms with van der Waals surface area (Å²) >= 11 is 14.2. The highest BCUT2D eigenvalue weighted by Crippen LogP contribution is 2.42. The molecule has 4 N–H and O–H groups in total. The molecule has 2 aromatic carbocycles. The second kappa shape index (κ2) is 15.1. The zero-order chi connectivity index (χ0) is 35.6. The molecule has 0 bridgehead atoms. The van der Waals surface area contributed by atoms with Crippen LogP contribution >= 0.6 is 23.2 Å². The van der Waals surface area contributed by atoms with Gasteiger partial charge in [0, 0.05) is 78.2 Å². The fourth-order valence-electron chi connectivity index (χ4n) is 7.03. The molecule has 4 heterocycles. The van der Waals surface area contributed by atoms with Gasteiger partial charge in [-0.1, -0.05) is 65.7 Å². The van der Waals surface area contributed by atoms with Gasteiger partial charge in [0.1, 0.15) is 11.3 Å². The Balaban J connectivity index is 1.13. The number of nitrogens with zero attached hydrogens (tertiary/aromatic N) is 4. The zero-order valence-electron chi connectivity index (χ0n) is 28.6. The summed E-state index contributed by atoms with van der Waals surface area (Å²) in [6.07, 6.45) is 6.35. The summed E-state index contributed by atoms with van der Waals surface area (Å²) in [5.41, 5.74) is 5.57. The molecule has 7 rings (SSSR count). The van der Waals surface area contributed by atoms with E-state index in [1.54, 1.807) is 23.2 Å². The monoisotopic (exact) mass is 729 g/mol. The van der Waals surface area contributed by atoms with Crippen LogP contribution in [0.25, 0.3) is 39.0 Å². The van der Waals surface area contributed by atoms with Crippen LogP contribution in [0.3, 0.4) is 0 Å². The molecule has 2 fully saturated rings. The molecular weight excluding hydrogens is 689 g/mol. The van der Waals surface area contributed by atoms with Gasteiger partial charge in [0.25, 0.3) is 5.56 Å². The molecule has 1 aliphatic carbocycles. The number of rotatable bonds is 11. The molecule has 0 unspecified atom stereocenters. The molecule has 5 aromatic rings. The topological polar surface area (TPSA) is 135 Å². The normalized spacial score (nSPS) is 19.1. The summed E-state index contributed by atoms with van der Waals surface area (Å²) in [6.45, 7) is 1.66. The molecule has 1 atom stereocenters. The van der Waals surface area contributed by atoms with E-state index in [1.165, 1.54) is 0 Å². The molecule has 0 spiro atoms. The Labute approximate surface area is 306 Å². The maximum atomic E-state index is 13.4. The SMILES string of the molecule is COc1nc(-c2cccc(-c3cccc(-c4cc5c(=O)n(C)c(CNC6CCC(O)CC6)nn5c4)c3Cl)c2Cl)ccc1CNC[C@@H]1CCC(=O)N1. The van der Waals surface area contributed by atoms with E-state index in [4.69, 9.17) is 38.0 Å². The molecule has 51 heavy (non-hydrogen) atoms. The molecule has 11 nitrogen and oxygen atoms in total. The molecule has 3 aromatic heterocycles. The Morgan fingerprint density at radius 2 is 1.65 bits per heavy atom. The van der Waals surface area contributed by atoms with Gasteiger partial charge in [-0.3, -0.25) is 14.2 Å². The molecule has 2 aliphatic rings. The Morgan fingerprint density at radius 1 is 0.941 bits per heavy atom. The fourth-order valence-corrected chi connectivity index (χ4v) is 7.70. The number of ether oxygens (including phenoxy) is 1. The van der Waals surface area contributed by atoms with Crippen LogP contribution in [-0.4, -0.2) is 62.0 Å². The minimum absolute atomic E-state index is 0.0937. The summed E-state index contributed by atoms with van der Waals surface area (Å²) in [5.74, 6) is 1.21. The average Bonchev–Trinajstić information content (AvgIpc) is 3.76. The largest absolute Gasteiger partial charge is 0.481 e. The van der Waals surface area contributed by atoms with E-state index < -0.39 is 0 Å². The van der Waals surface area contributed by atoms with Crippen molar-refractivity contribution in [2.75, 3.05) is 13.7 Å². The smallest absolute Gasteiger partial charge is 0.277 e. The minimum Gasteiger partial charge on any atom is -0.481 e. The van der Waals surface area contributed by atoms with Crippen LogP contribution in [0.1, 0.15) is 49.9 Å². The number of pyridine rings is 1. The number of hydrogen-bond donors (Lipinski definition) is 4. The predicted octanol–water partition coefficient (Wildman–Crippen LogP) is 5.51. The number of fused-ring (bicyclic) bond motifs is 1. The number of benzene rings is 2. The van der Waals surface area contributed by atoms with Gasteiger partial charge in [-0.2, -0.15) is 5.10 Å². The maximum Gasteiger partial charge on any atom is 0.277 e. The number of aliphatic hydroxyl groups is 1. The number of hydrogen-bond acceptors (Lipinski definition) is 8. The highest BCUT2D eigenvalue weighted by molar-refractivity contribution is 6.39. The Bertz CT molecular complexity index is 2140. The van der Waals surface area contributed by atoms with Gasteiger partial charge in [-0.15, -0.1) is 0 Å². The van der Waals surface area contributed by atoms with E-state index in [2.05, 4.69) is 16.0 Å². The van der Waals surface area contributed by atoms with E-state index in [0.29, 0.717) is 59.0 Å². The van der Waals surface area contributed by atoms with Crippen molar-refractivity contribution in [2.45, 2.75) is 69.8 Å². The molecule has 266 valence electrons. The van der Waals surface area contributed by atoms with Crippen molar-refractivity contribution in [3.05, 3.63) is 92.6 Å². The first kappa shape index (κ1) is 35.2. The third kappa shape index (κ3) is 7.40. The van der Waals surface area contributed by atoms with E-state index >= 15 is 0 Å².